The van der Waals surface area contributed by atoms with Gasteiger partial charge in [0.1, 0.15) is 5.75 Å². The Labute approximate surface area is 121 Å². The van der Waals surface area contributed by atoms with E-state index < -0.39 is 6.36 Å². The fourth-order valence-electron chi connectivity index (χ4n) is 2.59. The van der Waals surface area contributed by atoms with Crippen molar-refractivity contribution in [1.82, 2.24) is 0 Å². The smallest absolute Gasteiger partial charge is 0.406 e. The Hall–Kier alpha value is -1.27. The second-order valence-electron chi connectivity index (χ2n) is 5.88. The zero-order chi connectivity index (χ0) is 15.5. The zero-order valence-electron chi connectivity index (χ0n) is 11.7. The average molecular weight is 303 g/mol. The maximum absolute atomic E-state index is 12.1. The number of aliphatic hydroxyl groups is 1. The van der Waals surface area contributed by atoms with Crippen LogP contribution in [-0.2, 0) is 6.42 Å². The molecule has 1 aliphatic carbocycles. The van der Waals surface area contributed by atoms with Crippen LogP contribution < -0.4 is 10.5 Å². The Morgan fingerprint density at radius 2 is 1.81 bits per heavy atom. The van der Waals surface area contributed by atoms with Gasteiger partial charge in [-0.15, -0.1) is 13.2 Å². The molecular weight excluding hydrogens is 283 g/mol. The summed E-state index contributed by atoms with van der Waals surface area (Å²) in [5.41, 5.74) is 6.29. The van der Waals surface area contributed by atoms with Gasteiger partial charge < -0.3 is 15.6 Å². The molecule has 1 aromatic carbocycles. The summed E-state index contributed by atoms with van der Waals surface area (Å²) in [4.78, 5) is 0. The molecule has 1 aromatic rings. The Kier molecular flexibility index (Phi) is 4.78. The van der Waals surface area contributed by atoms with Gasteiger partial charge in [0.05, 0.1) is 6.61 Å². The molecule has 3 nitrogen and oxygen atoms in total. The van der Waals surface area contributed by atoms with Crippen molar-refractivity contribution in [3.05, 3.63) is 29.8 Å². The highest BCUT2D eigenvalue weighted by atomic mass is 19.4. The van der Waals surface area contributed by atoms with E-state index in [9.17, 15) is 18.3 Å². The maximum Gasteiger partial charge on any atom is 0.573 e. The normalized spacial score (nSPS) is 18.3. The Morgan fingerprint density at radius 1 is 1.19 bits per heavy atom. The number of halogens is 3. The summed E-state index contributed by atoms with van der Waals surface area (Å²) in [5, 5.41) is 9.67. The molecule has 1 unspecified atom stereocenters. The first kappa shape index (κ1) is 16.1. The lowest BCUT2D eigenvalue weighted by Gasteiger charge is -2.31. The van der Waals surface area contributed by atoms with E-state index >= 15 is 0 Å². The molecule has 0 amide bonds. The minimum absolute atomic E-state index is 0.0131. The van der Waals surface area contributed by atoms with Crippen LogP contribution in [0, 0.1) is 11.3 Å². The minimum Gasteiger partial charge on any atom is -0.406 e. The molecule has 1 atom stereocenters. The number of aliphatic hydroxyl groups excluding tert-OH is 1. The van der Waals surface area contributed by atoms with Gasteiger partial charge in [-0.1, -0.05) is 25.0 Å². The highest BCUT2D eigenvalue weighted by Gasteiger charge is 2.36. The first-order valence-electron chi connectivity index (χ1n) is 7.01. The summed E-state index contributed by atoms with van der Waals surface area (Å²) < 4.78 is 40.1. The van der Waals surface area contributed by atoms with E-state index in [1.54, 1.807) is 12.1 Å². The molecule has 0 bridgehead atoms. The number of rotatable bonds is 7. The summed E-state index contributed by atoms with van der Waals surface area (Å²) in [6, 6.07) is 5.76. The van der Waals surface area contributed by atoms with Crippen LogP contribution in [0.4, 0.5) is 13.2 Å². The SMILES string of the molecule is NCC(CO)(Cc1ccc(OC(F)(F)F)cc1)CC1CC1. The van der Waals surface area contributed by atoms with Crippen molar-refractivity contribution in [1.29, 1.82) is 0 Å². The molecule has 1 fully saturated rings. The highest BCUT2D eigenvalue weighted by Crippen LogP contribution is 2.41. The Bertz CT molecular complexity index is 451. The van der Waals surface area contributed by atoms with Crippen LogP contribution in [-0.4, -0.2) is 24.6 Å². The largest absolute Gasteiger partial charge is 0.573 e. The summed E-state index contributed by atoms with van der Waals surface area (Å²) in [6.45, 7) is 0.349. The van der Waals surface area contributed by atoms with E-state index in [2.05, 4.69) is 4.74 Å². The van der Waals surface area contributed by atoms with Gasteiger partial charge in [0.15, 0.2) is 0 Å². The molecule has 0 aliphatic heterocycles. The van der Waals surface area contributed by atoms with E-state index in [1.807, 2.05) is 0 Å². The maximum atomic E-state index is 12.1. The predicted molar refractivity (Wildman–Crippen MR) is 72.7 cm³/mol. The summed E-state index contributed by atoms with van der Waals surface area (Å²) in [5.74, 6) is 0.379. The van der Waals surface area contributed by atoms with Crippen molar-refractivity contribution in [2.24, 2.45) is 17.1 Å². The summed E-state index contributed by atoms with van der Waals surface area (Å²) in [6.07, 6.45) is -0.927. The molecule has 0 spiro atoms. The molecule has 0 saturated heterocycles. The number of benzene rings is 1. The molecular formula is C15H20F3NO2. The van der Waals surface area contributed by atoms with Crippen LogP contribution in [0.3, 0.4) is 0 Å². The number of alkyl halides is 3. The third-order valence-corrected chi connectivity index (χ3v) is 3.92. The molecule has 2 rings (SSSR count). The van der Waals surface area contributed by atoms with Crippen LogP contribution in [0.1, 0.15) is 24.8 Å². The standard InChI is InChI=1S/C15H20F3NO2/c16-15(17,18)21-13-5-3-12(4-6-13)8-14(9-19,10-20)7-11-1-2-11/h3-6,11,20H,1-2,7-10,19H2. The van der Waals surface area contributed by atoms with Crippen molar-refractivity contribution in [3.63, 3.8) is 0 Å². The molecule has 21 heavy (non-hydrogen) atoms. The predicted octanol–water partition coefficient (Wildman–Crippen LogP) is 2.87. The average Bonchev–Trinajstić information content (AvgIpc) is 3.22. The van der Waals surface area contributed by atoms with Crippen molar-refractivity contribution in [2.75, 3.05) is 13.2 Å². The Morgan fingerprint density at radius 3 is 2.24 bits per heavy atom. The van der Waals surface area contributed by atoms with Gasteiger partial charge in [-0.2, -0.15) is 0 Å². The van der Waals surface area contributed by atoms with Gasteiger partial charge in [-0.3, -0.25) is 0 Å². The molecule has 0 heterocycles. The second kappa shape index (κ2) is 6.23. The molecule has 0 aromatic heterocycles. The third kappa shape index (κ3) is 4.89. The van der Waals surface area contributed by atoms with Crippen LogP contribution in [0.15, 0.2) is 24.3 Å². The van der Waals surface area contributed by atoms with Gasteiger partial charge in [0.25, 0.3) is 0 Å². The van der Waals surface area contributed by atoms with Gasteiger partial charge in [0, 0.05) is 12.0 Å². The third-order valence-electron chi connectivity index (χ3n) is 3.92. The van der Waals surface area contributed by atoms with Gasteiger partial charge in [-0.05, 0) is 36.5 Å². The minimum atomic E-state index is -4.68. The lowest BCUT2D eigenvalue weighted by atomic mass is 9.78. The molecule has 118 valence electrons. The Balaban J connectivity index is 2.03. The lowest BCUT2D eigenvalue weighted by Crippen LogP contribution is -2.37. The fraction of sp³-hybridized carbons (Fsp3) is 0.600. The van der Waals surface area contributed by atoms with E-state index in [1.165, 1.54) is 25.0 Å². The monoisotopic (exact) mass is 303 g/mol. The van der Waals surface area contributed by atoms with Crippen LogP contribution in [0.5, 0.6) is 5.75 Å². The van der Waals surface area contributed by atoms with Crippen molar-refractivity contribution in [2.45, 2.75) is 32.0 Å². The zero-order valence-corrected chi connectivity index (χ0v) is 11.7. The number of hydrogen-bond donors (Lipinski definition) is 2. The number of hydrogen-bond acceptors (Lipinski definition) is 3. The second-order valence-corrected chi connectivity index (χ2v) is 5.88. The van der Waals surface area contributed by atoms with Crippen LogP contribution in [0.25, 0.3) is 0 Å². The number of nitrogens with two attached hydrogens (primary N) is 1. The van der Waals surface area contributed by atoms with Gasteiger partial charge in [0.2, 0.25) is 0 Å². The number of ether oxygens (including phenoxy) is 1. The van der Waals surface area contributed by atoms with Gasteiger partial charge in [-0.25, -0.2) is 0 Å². The molecule has 0 radical (unpaired) electrons. The quantitative estimate of drug-likeness (QED) is 0.814. The molecule has 6 heteroatoms. The summed E-state index contributed by atoms with van der Waals surface area (Å²) >= 11 is 0. The van der Waals surface area contributed by atoms with Crippen LogP contribution in [0.2, 0.25) is 0 Å². The van der Waals surface area contributed by atoms with Crippen molar-refractivity contribution >= 4 is 0 Å². The first-order valence-corrected chi connectivity index (χ1v) is 7.01. The molecule has 3 N–H and O–H groups in total. The lowest BCUT2D eigenvalue weighted by molar-refractivity contribution is -0.274. The van der Waals surface area contributed by atoms with Crippen LogP contribution >= 0.6 is 0 Å². The first-order chi connectivity index (χ1) is 9.86. The van der Waals surface area contributed by atoms with E-state index in [-0.39, 0.29) is 17.8 Å². The molecule has 1 saturated carbocycles. The fourth-order valence-corrected chi connectivity index (χ4v) is 2.59. The summed E-state index contributed by atoms with van der Waals surface area (Å²) in [7, 11) is 0. The molecule has 1 aliphatic rings. The van der Waals surface area contributed by atoms with E-state index in [0.717, 1.165) is 12.0 Å². The van der Waals surface area contributed by atoms with E-state index in [0.29, 0.717) is 18.9 Å². The van der Waals surface area contributed by atoms with E-state index in [4.69, 9.17) is 5.73 Å². The highest BCUT2D eigenvalue weighted by molar-refractivity contribution is 5.28. The van der Waals surface area contributed by atoms with Crippen molar-refractivity contribution in [3.8, 4) is 5.75 Å². The topological polar surface area (TPSA) is 55.5 Å². The van der Waals surface area contributed by atoms with Gasteiger partial charge >= 0.3 is 6.36 Å². The van der Waals surface area contributed by atoms with Crippen molar-refractivity contribution < 1.29 is 23.0 Å².